The molecule has 3 atom stereocenters. The summed E-state index contributed by atoms with van der Waals surface area (Å²) in [6.07, 6.45) is -8.52. The van der Waals surface area contributed by atoms with Gasteiger partial charge in [-0.3, -0.25) is 9.59 Å². The van der Waals surface area contributed by atoms with Gasteiger partial charge < -0.3 is 24.8 Å². The van der Waals surface area contributed by atoms with Crippen LogP contribution in [-0.4, -0.2) is 49.7 Å². The van der Waals surface area contributed by atoms with Crippen LogP contribution in [0.4, 0.5) is 17.6 Å². The second kappa shape index (κ2) is 8.75. The summed E-state index contributed by atoms with van der Waals surface area (Å²) >= 11 is 1.13. The Morgan fingerprint density at radius 2 is 2.05 bits per heavy atom. The second-order valence-corrected chi connectivity index (χ2v) is 11.0. The largest absolute Gasteiger partial charge is 0.458 e. The molecule has 1 aromatic carbocycles. The van der Waals surface area contributed by atoms with Crippen LogP contribution < -0.4 is 10.9 Å². The summed E-state index contributed by atoms with van der Waals surface area (Å²) in [4.78, 5) is 43.5. The van der Waals surface area contributed by atoms with Crippen molar-refractivity contribution in [2.75, 3.05) is 5.75 Å². The molecule has 0 spiro atoms. The number of carbonyl (C=O) groups excluding carboxylic acids is 2. The van der Waals surface area contributed by atoms with Crippen molar-refractivity contribution in [1.82, 2.24) is 14.9 Å². The third-order valence-electron chi connectivity index (χ3n) is 7.78. The highest BCUT2D eigenvalue weighted by Crippen LogP contribution is 2.48. The van der Waals surface area contributed by atoms with Gasteiger partial charge in [0.05, 0.1) is 35.1 Å². The average molecular weight is 580 g/mol. The van der Waals surface area contributed by atoms with Crippen molar-refractivity contribution >= 4 is 34.5 Å². The molecule has 14 heteroatoms. The number of ether oxygens (including phenoxy) is 1. The van der Waals surface area contributed by atoms with Gasteiger partial charge in [-0.1, -0.05) is 6.92 Å². The van der Waals surface area contributed by atoms with E-state index in [0.717, 1.165) is 11.8 Å². The SMILES string of the molecule is CC[C@@]1(O)C(=O)OCc2c1cc1n(c2=O)Cc2c-1nc1cc(F)c(C)c3c1c2[C@@H](NC(=O)[C@@H](O)C(F)(F)F)CS3. The topological polar surface area (TPSA) is 131 Å². The Kier molecular flexibility index (Phi) is 5.85. The summed E-state index contributed by atoms with van der Waals surface area (Å²) < 4.78 is 60.5. The van der Waals surface area contributed by atoms with Crippen LogP contribution in [0.3, 0.4) is 0 Å². The number of esters is 1. The van der Waals surface area contributed by atoms with Gasteiger partial charge in [0.15, 0.2) is 5.60 Å². The molecule has 0 fully saturated rings. The molecule has 1 amide bonds. The molecule has 0 saturated carbocycles. The number of rotatable bonds is 3. The van der Waals surface area contributed by atoms with Gasteiger partial charge in [0, 0.05) is 33.2 Å². The Bertz CT molecular complexity index is 1720. The number of alkyl halides is 3. The van der Waals surface area contributed by atoms with Crippen LogP contribution in [0.15, 0.2) is 21.8 Å². The van der Waals surface area contributed by atoms with Crippen LogP contribution in [0.1, 0.15) is 47.2 Å². The van der Waals surface area contributed by atoms with Crippen LogP contribution in [0.5, 0.6) is 0 Å². The number of nitrogens with one attached hydrogen (secondary N) is 1. The molecule has 5 heterocycles. The lowest BCUT2D eigenvalue weighted by molar-refractivity contribution is -0.205. The van der Waals surface area contributed by atoms with E-state index in [1.165, 1.54) is 16.7 Å². The lowest BCUT2D eigenvalue weighted by atomic mass is 9.86. The zero-order valence-electron chi connectivity index (χ0n) is 21.0. The number of cyclic esters (lactones) is 1. The maximum Gasteiger partial charge on any atom is 0.423 e. The van der Waals surface area contributed by atoms with Crippen molar-refractivity contribution in [3.63, 3.8) is 0 Å². The maximum absolute atomic E-state index is 14.9. The number of benzene rings is 1. The predicted molar refractivity (Wildman–Crippen MR) is 133 cm³/mol. The number of hydrogen-bond acceptors (Lipinski definition) is 8. The minimum Gasteiger partial charge on any atom is -0.458 e. The highest BCUT2D eigenvalue weighted by atomic mass is 32.2. The normalized spacial score (nSPS) is 21.9. The van der Waals surface area contributed by atoms with Gasteiger partial charge in [0.25, 0.3) is 11.5 Å². The molecule has 0 bridgehead atoms. The number of amides is 1. The third-order valence-corrected chi connectivity index (χ3v) is 9.08. The highest BCUT2D eigenvalue weighted by Gasteiger charge is 2.47. The second-order valence-electron chi connectivity index (χ2n) is 9.98. The first-order valence-corrected chi connectivity index (χ1v) is 13.3. The summed E-state index contributed by atoms with van der Waals surface area (Å²) in [5.74, 6) is -3.09. The number of aliphatic hydroxyl groups excluding tert-OH is 1. The van der Waals surface area contributed by atoms with Crippen molar-refractivity contribution in [2.45, 2.75) is 62.2 Å². The number of pyridine rings is 2. The van der Waals surface area contributed by atoms with E-state index in [0.29, 0.717) is 27.0 Å². The molecule has 40 heavy (non-hydrogen) atoms. The number of hydrogen-bond donors (Lipinski definition) is 3. The van der Waals surface area contributed by atoms with Gasteiger partial charge in [-0.15, -0.1) is 11.8 Å². The molecule has 0 radical (unpaired) electrons. The van der Waals surface area contributed by atoms with Crippen LogP contribution >= 0.6 is 11.8 Å². The molecule has 3 aliphatic rings. The van der Waals surface area contributed by atoms with Crippen molar-refractivity contribution in [2.24, 2.45) is 0 Å². The Morgan fingerprint density at radius 3 is 2.73 bits per heavy atom. The zero-order chi connectivity index (χ0) is 28.9. The Labute approximate surface area is 227 Å². The summed E-state index contributed by atoms with van der Waals surface area (Å²) in [6, 6.07) is 1.59. The van der Waals surface area contributed by atoms with E-state index in [1.54, 1.807) is 13.8 Å². The van der Waals surface area contributed by atoms with Gasteiger partial charge >= 0.3 is 12.1 Å². The van der Waals surface area contributed by atoms with Gasteiger partial charge in [0.2, 0.25) is 6.10 Å². The van der Waals surface area contributed by atoms with Crippen molar-refractivity contribution in [3.05, 3.63) is 56.1 Å². The lowest BCUT2D eigenvalue weighted by Crippen LogP contribution is -2.46. The molecule has 3 N–H and O–H groups in total. The molecule has 210 valence electrons. The minimum absolute atomic E-state index is 0.0266. The number of aromatic nitrogens is 2. The Hall–Kier alpha value is -3.49. The van der Waals surface area contributed by atoms with Gasteiger partial charge in [-0.25, -0.2) is 14.2 Å². The summed E-state index contributed by atoms with van der Waals surface area (Å²) in [5, 5.41) is 23.3. The Balaban J connectivity index is 1.60. The van der Waals surface area contributed by atoms with E-state index in [2.05, 4.69) is 10.3 Å². The van der Waals surface area contributed by atoms with E-state index < -0.39 is 47.2 Å². The van der Waals surface area contributed by atoms with Crippen LogP contribution in [0.25, 0.3) is 22.3 Å². The molecule has 9 nitrogen and oxygen atoms in total. The number of fused-ring (bicyclic) bond motifs is 5. The minimum atomic E-state index is -5.18. The highest BCUT2D eigenvalue weighted by molar-refractivity contribution is 7.99. The fourth-order valence-electron chi connectivity index (χ4n) is 5.64. The first-order chi connectivity index (χ1) is 18.8. The number of nitrogens with zero attached hydrogens (tertiary/aromatic N) is 2. The van der Waals surface area contributed by atoms with E-state index in [9.17, 15) is 42.2 Å². The fraction of sp³-hybridized carbons (Fsp3) is 0.385. The standard InChI is InChI=1S/C26H21F4N3O6S/c1-3-25(38)12-4-16-19-10(6-33(16)23(36)11(12)7-39-24(25)37)17-15(32-22(35)21(34)26(28,29)30)8-40-20-9(2)13(27)5-14(31-19)18(17)20/h4-5,15,21,34,38H,3,6-8H2,1-2H3,(H,32,35)/t15-,21+,25-/m0/s1. The molecule has 6 rings (SSSR count). The molecule has 0 aliphatic carbocycles. The van der Waals surface area contributed by atoms with Crippen molar-refractivity contribution in [1.29, 1.82) is 0 Å². The molecular weight excluding hydrogens is 558 g/mol. The number of carbonyl (C=O) groups is 2. The molecule has 0 saturated heterocycles. The van der Waals surface area contributed by atoms with Crippen molar-refractivity contribution in [3.8, 4) is 11.4 Å². The summed E-state index contributed by atoms with van der Waals surface area (Å²) in [5.41, 5.74) is -0.834. The zero-order valence-corrected chi connectivity index (χ0v) is 21.8. The third kappa shape index (κ3) is 3.62. The van der Waals surface area contributed by atoms with Crippen molar-refractivity contribution < 1.29 is 42.1 Å². The van der Waals surface area contributed by atoms with Gasteiger partial charge in [-0.05, 0) is 30.5 Å². The van der Waals surface area contributed by atoms with Crippen LogP contribution in [0.2, 0.25) is 0 Å². The molecule has 0 unspecified atom stereocenters. The fourth-order valence-corrected chi connectivity index (χ4v) is 6.89. The first-order valence-electron chi connectivity index (χ1n) is 12.3. The quantitative estimate of drug-likeness (QED) is 0.250. The lowest BCUT2D eigenvalue weighted by Gasteiger charge is -2.31. The van der Waals surface area contributed by atoms with Gasteiger partial charge in [0.1, 0.15) is 12.4 Å². The smallest absolute Gasteiger partial charge is 0.423 e. The van der Waals surface area contributed by atoms with E-state index in [-0.39, 0.29) is 53.4 Å². The van der Waals surface area contributed by atoms with E-state index in [4.69, 9.17) is 4.74 Å². The molecular formula is C26H21F4N3O6S. The summed E-state index contributed by atoms with van der Waals surface area (Å²) in [7, 11) is 0. The summed E-state index contributed by atoms with van der Waals surface area (Å²) in [6.45, 7) is 2.67. The van der Waals surface area contributed by atoms with E-state index in [1.807, 2.05) is 0 Å². The molecule has 3 aliphatic heterocycles. The van der Waals surface area contributed by atoms with Crippen LogP contribution in [-0.2, 0) is 33.1 Å². The molecule has 3 aromatic rings. The van der Waals surface area contributed by atoms with Crippen LogP contribution in [0, 0.1) is 12.7 Å². The number of aliphatic hydroxyl groups is 2. The average Bonchev–Trinajstić information content (AvgIpc) is 3.27. The predicted octanol–water partition coefficient (Wildman–Crippen LogP) is 2.71. The first kappa shape index (κ1) is 26.7. The molecule has 2 aromatic heterocycles. The number of thioether (sulfide) groups is 1. The maximum atomic E-state index is 14.9. The Morgan fingerprint density at radius 1 is 1.32 bits per heavy atom. The van der Waals surface area contributed by atoms with E-state index >= 15 is 0 Å². The monoisotopic (exact) mass is 579 g/mol. The van der Waals surface area contributed by atoms with Gasteiger partial charge in [-0.2, -0.15) is 13.2 Å². The number of halogens is 4.